The highest BCUT2D eigenvalue weighted by atomic mass is 15.1. The van der Waals surface area contributed by atoms with E-state index in [1.54, 1.807) is 0 Å². The van der Waals surface area contributed by atoms with E-state index in [2.05, 4.69) is 268 Å². The normalized spacial score (nSPS) is 12.6. The molecule has 332 valence electrons. The Kier molecular flexibility index (Phi) is 10.5. The molecule has 11 aromatic rings. The Hall–Kier alpha value is -8.20. The highest BCUT2D eigenvalue weighted by Gasteiger charge is 2.36. The summed E-state index contributed by atoms with van der Waals surface area (Å²) in [5.74, 6) is 0. The first-order valence-electron chi connectivity index (χ1n) is 24.5. The zero-order valence-electron chi connectivity index (χ0n) is 39.7. The third-order valence-electron chi connectivity index (χ3n) is 14.8. The summed E-state index contributed by atoms with van der Waals surface area (Å²) in [5, 5.41) is 2.65. The largest absolute Gasteiger partial charge is 0.310 e. The van der Waals surface area contributed by atoms with Crippen LogP contribution in [0.3, 0.4) is 0 Å². The van der Waals surface area contributed by atoms with Crippen molar-refractivity contribution in [2.24, 2.45) is 0 Å². The summed E-state index contributed by atoms with van der Waals surface area (Å²) in [7, 11) is 0. The predicted molar refractivity (Wildman–Crippen MR) is 294 cm³/mol. The van der Waals surface area contributed by atoms with Gasteiger partial charge >= 0.3 is 0 Å². The number of nitrogens with zero attached hydrogens (tertiary/aromatic N) is 2. The molecule has 0 saturated carbocycles. The first-order valence-corrected chi connectivity index (χ1v) is 24.5. The topological polar surface area (TPSA) is 8.17 Å². The fourth-order valence-corrected chi connectivity index (χ4v) is 11.0. The summed E-state index contributed by atoms with van der Waals surface area (Å²) in [6, 6.07) is 85.5. The number of hydrogen-bond acceptors (Lipinski definition) is 1. The molecule has 2 heteroatoms. The lowest BCUT2D eigenvalue weighted by atomic mass is 9.82. The molecule has 0 aliphatic heterocycles. The van der Waals surface area contributed by atoms with Crippen molar-refractivity contribution in [1.82, 2.24) is 4.57 Å². The fraction of sp³-hybridized carbons (Fsp3) is 0.104. The van der Waals surface area contributed by atoms with Crippen molar-refractivity contribution < 1.29 is 0 Å². The molecular weight excluding hydrogens is 833 g/mol. The van der Waals surface area contributed by atoms with Gasteiger partial charge in [0.1, 0.15) is 0 Å². The van der Waals surface area contributed by atoms with Crippen molar-refractivity contribution in [3.05, 3.63) is 253 Å². The molecular formula is C67H54N2. The second-order valence-electron chi connectivity index (χ2n) is 19.1. The van der Waals surface area contributed by atoms with Crippen LogP contribution in [-0.4, -0.2) is 4.57 Å². The van der Waals surface area contributed by atoms with E-state index >= 15 is 0 Å². The maximum atomic E-state index is 2.46. The Balaban J connectivity index is 0.892. The molecule has 2 nitrogen and oxygen atoms in total. The van der Waals surface area contributed by atoms with Crippen LogP contribution in [-0.2, 0) is 18.3 Å². The molecule has 10 aromatic carbocycles. The van der Waals surface area contributed by atoms with E-state index in [9.17, 15) is 0 Å². The molecule has 0 fully saturated rings. The van der Waals surface area contributed by atoms with Crippen molar-refractivity contribution in [3.63, 3.8) is 0 Å². The molecule has 0 amide bonds. The van der Waals surface area contributed by atoms with Gasteiger partial charge in [0.25, 0.3) is 0 Å². The second kappa shape index (κ2) is 17.1. The Labute approximate surface area is 406 Å². The van der Waals surface area contributed by atoms with E-state index in [4.69, 9.17) is 0 Å². The van der Waals surface area contributed by atoms with Crippen LogP contribution in [0, 0.1) is 0 Å². The van der Waals surface area contributed by atoms with Crippen molar-refractivity contribution in [1.29, 1.82) is 0 Å². The molecule has 0 spiro atoms. The van der Waals surface area contributed by atoms with Crippen LogP contribution >= 0.6 is 0 Å². The van der Waals surface area contributed by atoms with Crippen LogP contribution in [0.2, 0.25) is 0 Å². The average Bonchev–Trinajstić information content (AvgIpc) is 3.86. The van der Waals surface area contributed by atoms with E-state index in [0.717, 1.165) is 29.9 Å². The number of aryl methyl sites for hydroxylation is 2. The summed E-state index contributed by atoms with van der Waals surface area (Å²) < 4.78 is 2.42. The Bertz CT molecular complexity index is 3620. The zero-order chi connectivity index (χ0) is 46.6. The number of benzene rings is 10. The molecule has 0 unspecified atom stereocenters. The van der Waals surface area contributed by atoms with Gasteiger partial charge in [-0.2, -0.15) is 0 Å². The van der Waals surface area contributed by atoms with E-state index in [1.165, 1.54) is 105 Å². The molecule has 12 rings (SSSR count). The van der Waals surface area contributed by atoms with Crippen LogP contribution in [0.5, 0.6) is 0 Å². The lowest BCUT2D eigenvalue weighted by molar-refractivity contribution is 0.660. The van der Waals surface area contributed by atoms with Crippen molar-refractivity contribution >= 4 is 38.9 Å². The van der Waals surface area contributed by atoms with Gasteiger partial charge in [-0.15, -0.1) is 0 Å². The van der Waals surface area contributed by atoms with Crippen molar-refractivity contribution in [2.75, 3.05) is 4.90 Å². The number of anilines is 3. The molecule has 1 aromatic heterocycles. The van der Waals surface area contributed by atoms with Crippen LogP contribution in [0.15, 0.2) is 231 Å². The van der Waals surface area contributed by atoms with Gasteiger partial charge in [0.05, 0.1) is 16.7 Å². The van der Waals surface area contributed by atoms with E-state index in [-0.39, 0.29) is 5.41 Å². The van der Waals surface area contributed by atoms with Gasteiger partial charge in [-0.1, -0.05) is 191 Å². The predicted octanol–water partition coefficient (Wildman–Crippen LogP) is 18.4. The smallest absolute Gasteiger partial charge is 0.0541 e. The van der Waals surface area contributed by atoms with E-state index in [0.29, 0.717) is 0 Å². The Morgan fingerprint density at radius 2 is 0.841 bits per heavy atom. The number of aromatic nitrogens is 1. The van der Waals surface area contributed by atoms with Gasteiger partial charge < -0.3 is 9.47 Å². The molecule has 1 aliphatic carbocycles. The molecule has 69 heavy (non-hydrogen) atoms. The Morgan fingerprint density at radius 3 is 1.45 bits per heavy atom. The van der Waals surface area contributed by atoms with Gasteiger partial charge in [0.15, 0.2) is 0 Å². The number of hydrogen-bond donors (Lipinski definition) is 0. The lowest BCUT2D eigenvalue weighted by Crippen LogP contribution is -2.17. The minimum absolute atomic E-state index is 0.130. The van der Waals surface area contributed by atoms with Gasteiger partial charge in [-0.3, -0.25) is 0 Å². The van der Waals surface area contributed by atoms with Crippen molar-refractivity contribution in [2.45, 2.75) is 46.0 Å². The molecule has 0 bridgehead atoms. The van der Waals surface area contributed by atoms with Gasteiger partial charge in [0, 0.05) is 38.8 Å². The number of rotatable bonds is 10. The molecule has 0 atom stereocenters. The summed E-state index contributed by atoms with van der Waals surface area (Å²) in [6.07, 6.45) is 2.05. The summed E-state index contributed by atoms with van der Waals surface area (Å²) >= 11 is 0. The molecule has 1 aliphatic rings. The molecule has 1 heterocycles. The number of para-hydroxylation sites is 1. The van der Waals surface area contributed by atoms with Crippen LogP contribution < -0.4 is 4.90 Å². The molecule has 0 radical (unpaired) electrons. The third kappa shape index (κ3) is 7.27. The number of fused-ring (bicyclic) bond motifs is 6. The maximum absolute atomic E-state index is 2.46. The van der Waals surface area contributed by atoms with E-state index < -0.39 is 0 Å². The van der Waals surface area contributed by atoms with Crippen molar-refractivity contribution in [3.8, 4) is 61.3 Å². The molecule has 0 N–H and O–H groups in total. The van der Waals surface area contributed by atoms with Crippen LogP contribution in [0.4, 0.5) is 17.1 Å². The molecule has 0 saturated heterocycles. The monoisotopic (exact) mass is 886 g/mol. The van der Waals surface area contributed by atoms with Gasteiger partial charge in [-0.25, -0.2) is 0 Å². The highest BCUT2D eigenvalue weighted by Crippen LogP contribution is 2.52. The average molecular weight is 887 g/mol. The third-order valence-corrected chi connectivity index (χ3v) is 14.8. The lowest BCUT2D eigenvalue weighted by Gasteiger charge is -2.30. The Morgan fingerprint density at radius 1 is 0.362 bits per heavy atom. The van der Waals surface area contributed by atoms with Gasteiger partial charge in [-0.05, 0) is 152 Å². The quantitative estimate of drug-likeness (QED) is 0.133. The first kappa shape index (κ1) is 42.2. The van der Waals surface area contributed by atoms with Crippen LogP contribution in [0.25, 0.3) is 83.1 Å². The van der Waals surface area contributed by atoms with Crippen LogP contribution in [0.1, 0.15) is 49.9 Å². The standard InChI is InChI=1S/C67H54N2/c1-5-45-24-40-65-60(42-45)61-43-46(6-2)25-41-66(61)69(65)53-36-32-50(33-37-53)48-28-26-47(27-29-48)49-30-34-52(35-31-49)68(54-38-39-58-57-20-12-14-22-62(57)67(3,4)63(58)44-54)64-23-15-13-21-59(64)56-19-11-10-18-55(56)51-16-8-7-9-17-51/h7-44H,5-6H2,1-4H3. The second-order valence-corrected chi connectivity index (χ2v) is 19.1. The zero-order valence-corrected chi connectivity index (χ0v) is 39.7. The first-order chi connectivity index (χ1) is 33.9. The van der Waals surface area contributed by atoms with E-state index in [1.807, 2.05) is 0 Å². The van der Waals surface area contributed by atoms with Gasteiger partial charge in [0.2, 0.25) is 0 Å². The minimum atomic E-state index is -0.130. The summed E-state index contributed by atoms with van der Waals surface area (Å²) in [4.78, 5) is 2.46. The fourth-order valence-electron chi connectivity index (χ4n) is 11.0. The highest BCUT2D eigenvalue weighted by molar-refractivity contribution is 6.10. The summed E-state index contributed by atoms with van der Waals surface area (Å²) in [5.41, 5.74) is 24.6. The maximum Gasteiger partial charge on any atom is 0.0541 e. The summed E-state index contributed by atoms with van der Waals surface area (Å²) in [6.45, 7) is 9.19. The SMILES string of the molecule is CCc1ccc2c(c1)c1cc(CC)ccc1n2-c1ccc(-c2ccc(-c3ccc(N(c4ccc5c(c4)C(C)(C)c4ccccc4-5)c4ccccc4-c4ccccc4-c4ccccc4)cc3)cc2)cc1. The minimum Gasteiger partial charge on any atom is -0.310 e.